The van der Waals surface area contributed by atoms with Crippen LogP contribution in [0.15, 0.2) is 36.4 Å². The molecule has 1 radical (unpaired) electrons. The minimum atomic E-state index is 0.0650. The molecule has 0 saturated carbocycles. The van der Waals surface area contributed by atoms with Crippen molar-refractivity contribution in [3.8, 4) is 23.0 Å². The van der Waals surface area contributed by atoms with Gasteiger partial charge in [-0.1, -0.05) is 6.07 Å². The Morgan fingerprint density at radius 1 is 1.00 bits per heavy atom. The van der Waals surface area contributed by atoms with Gasteiger partial charge in [0.15, 0.2) is 18.1 Å². The van der Waals surface area contributed by atoms with E-state index < -0.39 is 0 Å². The SMILES string of the molecule is COc1ccc(Oc2ccc([B]O)c(C[OH2+])c2)cc1OC. The third kappa shape index (κ3) is 3.48. The van der Waals surface area contributed by atoms with E-state index in [0.717, 1.165) is 7.48 Å². The molecule has 0 aliphatic rings. The summed E-state index contributed by atoms with van der Waals surface area (Å²) in [5.41, 5.74) is 1.31. The predicted octanol–water partition coefficient (Wildman–Crippen LogP) is 0.957. The molecule has 0 atom stereocenters. The Morgan fingerprint density at radius 2 is 1.67 bits per heavy atom. The number of rotatable bonds is 6. The van der Waals surface area contributed by atoms with Crippen LogP contribution in [0, 0.1) is 0 Å². The van der Waals surface area contributed by atoms with Crippen molar-refractivity contribution in [1.29, 1.82) is 0 Å². The Hall–Kier alpha value is -2.18. The van der Waals surface area contributed by atoms with Gasteiger partial charge in [-0.3, -0.25) is 0 Å². The van der Waals surface area contributed by atoms with Crippen LogP contribution in [0.4, 0.5) is 0 Å². The maximum absolute atomic E-state index is 9.08. The first-order chi connectivity index (χ1) is 10.2. The van der Waals surface area contributed by atoms with E-state index in [1.165, 1.54) is 0 Å². The Kier molecular flexibility index (Phi) is 5.08. The van der Waals surface area contributed by atoms with Gasteiger partial charge < -0.3 is 24.3 Å². The van der Waals surface area contributed by atoms with Gasteiger partial charge in [-0.25, -0.2) is 0 Å². The Labute approximate surface area is 124 Å². The highest BCUT2D eigenvalue weighted by molar-refractivity contribution is 6.46. The molecule has 0 fully saturated rings. The second-order valence-corrected chi connectivity index (χ2v) is 4.29. The molecule has 2 aromatic carbocycles. The summed E-state index contributed by atoms with van der Waals surface area (Å²) in [6.07, 6.45) is 0. The Bertz CT molecular complexity index is 562. The number of hydrogen-bond acceptors (Lipinski definition) is 4. The van der Waals surface area contributed by atoms with Crippen molar-refractivity contribution >= 4 is 12.9 Å². The molecule has 0 heterocycles. The highest BCUT2D eigenvalue weighted by Crippen LogP contribution is 2.33. The van der Waals surface area contributed by atoms with E-state index >= 15 is 0 Å². The standard InChI is InChI=1S/C15H16BO5/c1-19-14-6-4-12(8-15(14)20-2)21-11-3-5-13(16-18)10(7-11)9-17/h3-8,17-18H,9H2,1-2H3/p+1. The third-order valence-electron chi connectivity index (χ3n) is 3.03. The molecule has 0 bridgehead atoms. The molecule has 6 heteroatoms. The molecule has 0 aliphatic carbocycles. The van der Waals surface area contributed by atoms with Crippen molar-refractivity contribution in [2.45, 2.75) is 6.61 Å². The lowest BCUT2D eigenvalue weighted by atomic mass is 9.84. The molecule has 21 heavy (non-hydrogen) atoms. The van der Waals surface area contributed by atoms with Crippen LogP contribution in [0.25, 0.3) is 0 Å². The van der Waals surface area contributed by atoms with E-state index in [1.807, 2.05) is 0 Å². The molecule has 0 spiro atoms. The van der Waals surface area contributed by atoms with Gasteiger partial charge in [0.05, 0.1) is 14.2 Å². The van der Waals surface area contributed by atoms with Gasteiger partial charge in [-0.2, -0.15) is 0 Å². The van der Waals surface area contributed by atoms with Crippen LogP contribution < -0.4 is 19.7 Å². The van der Waals surface area contributed by atoms with E-state index in [1.54, 1.807) is 50.6 Å². The van der Waals surface area contributed by atoms with Crippen molar-refractivity contribution in [3.05, 3.63) is 42.0 Å². The smallest absolute Gasteiger partial charge is 0.327 e. The monoisotopic (exact) mass is 288 g/mol. The van der Waals surface area contributed by atoms with Crippen LogP contribution in [0.1, 0.15) is 5.56 Å². The first-order valence-electron chi connectivity index (χ1n) is 6.36. The average Bonchev–Trinajstić information content (AvgIpc) is 2.54. The first kappa shape index (κ1) is 15.2. The largest absolute Gasteiger partial charge is 0.493 e. The lowest BCUT2D eigenvalue weighted by Gasteiger charge is -2.11. The third-order valence-corrected chi connectivity index (χ3v) is 3.03. The van der Waals surface area contributed by atoms with Gasteiger partial charge >= 0.3 is 7.48 Å². The molecule has 0 unspecified atom stereocenters. The molecule has 0 aliphatic heterocycles. The second kappa shape index (κ2) is 7.01. The predicted molar refractivity (Wildman–Crippen MR) is 81.0 cm³/mol. The van der Waals surface area contributed by atoms with Crippen LogP contribution in [0.5, 0.6) is 23.0 Å². The van der Waals surface area contributed by atoms with Gasteiger partial charge in [0, 0.05) is 11.6 Å². The summed E-state index contributed by atoms with van der Waals surface area (Å²) < 4.78 is 16.1. The molecular weight excluding hydrogens is 271 g/mol. The number of methoxy groups -OCH3 is 2. The molecule has 2 aromatic rings. The van der Waals surface area contributed by atoms with E-state index in [4.69, 9.17) is 24.3 Å². The molecule has 0 amide bonds. The topological polar surface area (TPSA) is 70.8 Å². The Balaban J connectivity index is 2.25. The van der Waals surface area contributed by atoms with E-state index in [9.17, 15) is 0 Å². The van der Waals surface area contributed by atoms with E-state index in [-0.39, 0.29) is 6.61 Å². The molecule has 0 aromatic heterocycles. The summed E-state index contributed by atoms with van der Waals surface area (Å²) in [6, 6.07) is 10.4. The summed E-state index contributed by atoms with van der Waals surface area (Å²) in [4.78, 5) is 0. The quantitative estimate of drug-likeness (QED) is 0.635. The fourth-order valence-electron chi connectivity index (χ4n) is 1.94. The van der Waals surface area contributed by atoms with Crippen molar-refractivity contribution in [1.82, 2.24) is 0 Å². The van der Waals surface area contributed by atoms with Crippen LogP contribution in [-0.4, -0.2) is 31.8 Å². The van der Waals surface area contributed by atoms with Gasteiger partial charge in [-0.05, 0) is 29.7 Å². The first-order valence-corrected chi connectivity index (χ1v) is 6.36. The zero-order valence-electron chi connectivity index (χ0n) is 11.9. The summed E-state index contributed by atoms with van der Waals surface area (Å²) >= 11 is 0. The fourth-order valence-corrected chi connectivity index (χ4v) is 1.94. The average molecular weight is 288 g/mol. The normalized spacial score (nSPS) is 10.1. The molecule has 0 saturated heterocycles. The van der Waals surface area contributed by atoms with Crippen LogP contribution in [-0.2, 0) is 6.61 Å². The Morgan fingerprint density at radius 3 is 2.29 bits per heavy atom. The fraction of sp³-hybridized carbons (Fsp3) is 0.200. The summed E-state index contributed by atoms with van der Waals surface area (Å²) in [7, 11) is 4.12. The second-order valence-electron chi connectivity index (χ2n) is 4.29. The molecule has 5 nitrogen and oxygen atoms in total. The van der Waals surface area contributed by atoms with Crippen molar-refractivity contribution in [3.63, 3.8) is 0 Å². The van der Waals surface area contributed by atoms with Gasteiger partial charge in [0.1, 0.15) is 11.5 Å². The van der Waals surface area contributed by atoms with Gasteiger partial charge in [-0.15, -0.1) is 0 Å². The van der Waals surface area contributed by atoms with Gasteiger partial charge in [0.2, 0.25) is 0 Å². The van der Waals surface area contributed by atoms with Crippen molar-refractivity contribution in [2.24, 2.45) is 0 Å². The molecular formula is C15H17BO5+. The summed E-state index contributed by atoms with van der Waals surface area (Å²) in [6.45, 7) is 0.0650. The zero-order chi connectivity index (χ0) is 15.2. The maximum atomic E-state index is 9.08. The van der Waals surface area contributed by atoms with Crippen molar-refractivity contribution < 1.29 is 24.3 Å². The van der Waals surface area contributed by atoms with E-state index in [2.05, 4.69) is 0 Å². The van der Waals surface area contributed by atoms with Gasteiger partial charge in [0.25, 0.3) is 0 Å². The zero-order valence-corrected chi connectivity index (χ0v) is 11.9. The number of ether oxygens (including phenoxy) is 3. The molecule has 109 valence electrons. The summed E-state index contributed by atoms with van der Waals surface area (Å²) in [5, 5.41) is 16.5. The lowest BCUT2D eigenvalue weighted by molar-refractivity contribution is 0.282. The highest BCUT2D eigenvalue weighted by atomic mass is 16.5. The minimum absolute atomic E-state index is 0.0650. The van der Waals surface area contributed by atoms with Crippen LogP contribution in [0.3, 0.4) is 0 Å². The number of hydrogen-bond donors (Lipinski definition) is 1. The van der Waals surface area contributed by atoms with E-state index in [0.29, 0.717) is 34.0 Å². The molecule has 3 N–H and O–H groups in total. The highest BCUT2D eigenvalue weighted by Gasteiger charge is 2.09. The lowest BCUT2D eigenvalue weighted by Crippen LogP contribution is -2.18. The molecule has 2 rings (SSSR count). The van der Waals surface area contributed by atoms with Crippen molar-refractivity contribution in [2.75, 3.05) is 14.2 Å². The van der Waals surface area contributed by atoms with Crippen LogP contribution >= 0.6 is 0 Å². The minimum Gasteiger partial charge on any atom is -0.493 e. The number of benzene rings is 2. The summed E-state index contributed by atoms with van der Waals surface area (Å²) in [5.74, 6) is 2.40. The van der Waals surface area contributed by atoms with Crippen LogP contribution in [0.2, 0.25) is 0 Å². The maximum Gasteiger partial charge on any atom is 0.327 e.